The largest absolute Gasteiger partial charge is 0.300 e. The van der Waals surface area contributed by atoms with Gasteiger partial charge < -0.3 is 0 Å². The van der Waals surface area contributed by atoms with Crippen molar-refractivity contribution in [1.29, 1.82) is 0 Å². The van der Waals surface area contributed by atoms with Gasteiger partial charge in [0.25, 0.3) is 0 Å². The van der Waals surface area contributed by atoms with Gasteiger partial charge in [0.15, 0.2) is 0 Å². The van der Waals surface area contributed by atoms with Crippen molar-refractivity contribution in [2.24, 2.45) is 0 Å². The molecule has 3 heterocycles. The fraction of sp³-hybridized carbons (Fsp3) is 0. The molecule has 0 N–H and O–H groups in total. The molecule has 0 atom stereocenters. The first-order chi connectivity index (χ1) is 7.86. The molecule has 0 saturated carbocycles. The van der Waals surface area contributed by atoms with Gasteiger partial charge in [0.1, 0.15) is 17.1 Å². The second-order valence-electron chi connectivity index (χ2n) is 3.30. The summed E-state index contributed by atoms with van der Waals surface area (Å²) in [5.41, 5.74) is 1.74. The molecule has 3 aromatic heterocycles. The Hall–Kier alpha value is -1.94. The van der Waals surface area contributed by atoms with Crippen LogP contribution in [-0.4, -0.2) is 19.5 Å². The first-order valence-corrected chi connectivity index (χ1v) is 5.12. The van der Waals surface area contributed by atoms with Crippen LogP contribution in [0.3, 0.4) is 0 Å². The highest BCUT2D eigenvalue weighted by Crippen LogP contribution is 2.22. The van der Waals surface area contributed by atoms with Crippen LogP contribution in [0.2, 0.25) is 5.15 Å². The monoisotopic (exact) mass is 230 g/mol. The Morgan fingerprint density at radius 2 is 2.12 bits per heavy atom. The van der Waals surface area contributed by atoms with Gasteiger partial charge in [0, 0.05) is 12.4 Å². The highest BCUT2D eigenvalue weighted by atomic mass is 35.5. The first kappa shape index (κ1) is 9.30. The summed E-state index contributed by atoms with van der Waals surface area (Å²) < 4.78 is 1.93. The second-order valence-corrected chi connectivity index (χ2v) is 3.66. The van der Waals surface area contributed by atoms with Crippen LogP contribution in [0.4, 0.5) is 0 Å². The normalized spacial score (nSPS) is 10.8. The summed E-state index contributed by atoms with van der Waals surface area (Å²) in [7, 11) is 0. The molecule has 0 unspecified atom stereocenters. The molecule has 0 fully saturated rings. The zero-order valence-electron chi connectivity index (χ0n) is 8.21. The lowest BCUT2D eigenvalue weighted by molar-refractivity contribution is 1.06. The van der Waals surface area contributed by atoms with E-state index < -0.39 is 0 Å². The lowest BCUT2D eigenvalue weighted by Crippen LogP contribution is -1.94. The minimum absolute atomic E-state index is 0.465. The molecule has 0 bridgehead atoms. The number of halogens is 1. The molecule has 0 aliphatic heterocycles. The van der Waals surface area contributed by atoms with Gasteiger partial charge in [-0.05, 0) is 18.2 Å². The van der Waals surface area contributed by atoms with E-state index in [1.807, 2.05) is 29.0 Å². The van der Waals surface area contributed by atoms with Crippen molar-refractivity contribution >= 4 is 22.6 Å². The maximum atomic E-state index is 5.98. The van der Waals surface area contributed by atoms with Crippen LogP contribution in [0.15, 0.2) is 43.1 Å². The van der Waals surface area contributed by atoms with Crippen LogP contribution in [0.5, 0.6) is 0 Å². The Morgan fingerprint density at radius 1 is 1.19 bits per heavy atom. The number of hydrogen-bond acceptors (Lipinski definition) is 3. The molecule has 16 heavy (non-hydrogen) atoms. The zero-order valence-corrected chi connectivity index (χ0v) is 8.96. The highest BCUT2D eigenvalue weighted by Gasteiger charge is 2.07. The fourth-order valence-corrected chi connectivity index (χ4v) is 1.82. The van der Waals surface area contributed by atoms with Crippen LogP contribution in [0.1, 0.15) is 0 Å². The molecule has 5 heteroatoms. The molecule has 0 radical (unpaired) electrons. The van der Waals surface area contributed by atoms with E-state index >= 15 is 0 Å². The maximum absolute atomic E-state index is 5.98. The van der Waals surface area contributed by atoms with E-state index in [-0.39, 0.29) is 0 Å². The van der Waals surface area contributed by atoms with Gasteiger partial charge in [0.05, 0.1) is 17.3 Å². The van der Waals surface area contributed by atoms with Crippen LogP contribution in [-0.2, 0) is 0 Å². The highest BCUT2D eigenvalue weighted by molar-refractivity contribution is 6.33. The van der Waals surface area contributed by atoms with Gasteiger partial charge in [-0.1, -0.05) is 11.6 Å². The van der Waals surface area contributed by atoms with E-state index in [9.17, 15) is 0 Å². The number of hydrogen-bond donors (Lipinski definition) is 0. The van der Waals surface area contributed by atoms with Crippen LogP contribution >= 0.6 is 11.6 Å². The van der Waals surface area contributed by atoms with Crippen molar-refractivity contribution in [2.75, 3.05) is 0 Å². The average molecular weight is 231 g/mol. The summed E-state index contributed by atoms with van der Waals surface area (Å²) >= 11 is 5.98. The minimum Gasteiger partial charge on any atom is -0.300 e. The van der Waals surface area contributed by atoms with E-state index in [2.05, 4.69) is 15.0 Å². The predicted octanol–water partition coefficient (Wildman–Crippen LogP) is 2.47. The number of rotatable bonds is 1. The molecule has 3 aromatic rings. The molecule has 0 aliphatic carbocycles. The summed E-state index contributed by atoms with van der Waals surface area (Å²) in [6, 6.07) is 5.73. The standard InChI is InChI=1S/C11H7ClN4/c12-10-9-3-5-16(11(9)15-7-14-10)8-2-1-4-13-6-8/h1-7H. The van der Waals surface area contributed by atoms with Gasteiger partial charge >= 0.3 is 0 Å². The van der Waals surface area contributed by atoms with Crippen molar-refractivity contribution in [1.82, 2.24) is 19.5 Å². The van der Waals surface area contributed by atoms with E-state index in [0.29, 0.717) is 5.15 Å². The molecular formula is C11H7ClN4. The SMILES string of the molecule is Clc1ncnc2c1ccn2-c1cccnc1. The topological polar surface area (TPSA) is 43.6 Å². The molecule has 0 amide bonds. The lowest BCUT2D eigenvalue weighted by Gasteiger charge is -2.02. The second kappa shape index (κ2) is 3.57. The molecule has 0 saturated heterocycles. The van der Waals surface area contributed by atoms with Crippen molar-refractivity contribution in [3.8, 4) is 5.69 Å². The fourth-order valence-electron chi connectivity index (χ4n) is 1.63. The van der Waals surface area contributed by atoms with Crippen molar-refractivity contribution in [3.63, 3.8) is 0 Å². The van der Waals surface area contributed by atoms with Gasteiger partial charge in [-0.3, -0.25) is 9.55 Å². The van der Waals surface area contributed by atoms with Gasteiger partial charge in [0.2, 0.25) is 0 Å². The third-order valence-corrected chi connectivity index (χ3v) is 2.66. The predicted molar refractivity (Wildman–Crippen MR) is 61.7 cm³/mol. The molecule has 0 aromatic carbocycles. The Bertz CT molecular complexity index is 633. The molecule has 4 nitrogen and oxygen atoms in total. The van der Waals surface area contributed by atoms with Crippen LogP contribution in [0, 0.1) is 0 Å². The first-order valence-electron chi connectivity index (χ1n) is 4.74. The average Bonchev–Trinajstić information content (AvgIpc) is 2.75. The summed E-state index contributed by atoms with van der Waals surface area (Å²) in [6.45, 7) is 0. The smallest absolute Gasteiger partial charge is 0.149 e. The minimum atomic E-state index is 0.465. The molecule has 78 valence electrons. The number of aromatic nitrogens is 4. The Balaban J connectivity index is 2.30. The summed E-state index contributed by atoms with van der Waals surface area (Å²) in [4.78, 5) is 12.2. The quantitative estimate of drug-likeness (QED) is 0.603. The number of nitrogens with zero attached hydrogens (tertiary/aromatic N) is 4. The van der Waals surface area contributed by atoms with Gasteiger partial charge in [-0.15, -0.1) is 0 Å². The van der Waals surface area contributed by atoms with Crippen molar-refractivity contribution < 1.29 is 0 Å². The zero-order chi connectivity index (χ0) is 11.0. The molecular weight excluding hydrogens is 224 g/mol. The Labute approximate surface area is 96.6 Å². The number of fused-ring (bicyclic) bond motifs is 1. The van der Waals surface area contributed by atoms with Gasteiger partial charge in [-0.2, -0.15) is 0 Å². The Morgan fingerprint density at radius 3 is 2.94 bits per heavy atom. The third-order valence-electron chi connectivity index (χ3n) is 2.36. The van der Waals surface area contributed by atoms with E-state index in [1.165, 1.54) is 6.33 Å². The molecule has 3 rings (SSSR count). The molecule has 0 spiro atoms. The summed E-state index contributed by atoms with van der Waals surface area (Å²) in [5, 5.41) is 1.31. The Kier molecular flexibility index (Phi) is 2.08. The van der Waals surface area contributed by atoms with Crippen molar-refractivity contribution in [3.05, 3.63) is 48.3 Å². The number of pyridine rings is 1. The maximum Gasteiger partial charge on any atom is 0.149 e. The van der Waals surface area contributed by atoms with E-state index in [1.54, 1.807) is 12.4 Å². The summed E-state index contributed by atoms with van der Waals surface area (Å²) in [5.74, 6) is 0. The van der Waals surface area contributed by atoms with Gasteiger partial charge in [-0.25, -0.2) is 9.97 Å². The van der Waals surface area contributed by atoms with Crippen molar-refractivity contribution in [2.45, 2.75) is 0 Å². The lowest BCUT2D eigenvalue weighted by atomic mass is 10.4. The van der Waals surface area contributed by atoms with Crippen LogP contribution < -0.4 is 0 Å². The molecule has 0 aliphatic rings. The summed E-state index contributed by atoms with van der Waals surface area (Å²) in [6.07, 6.45) is 6.87. The van der Waals surface area contributed by atoms with E-state index in [4.69, 9.17) is 11.6 Å². The van der Waals surface area contributed by atoms with E-state index in [0.717, 1.165) is 16.7 Å². The van der Waals surface area contributed by atoms with Crippen LogP contribution in [0.25, 0.3) is 16.7 Å². The third kappa shape index (κ3) is 1.35.